The lowest BCUT2D eigenvalue weighted by Crippen LogP contribution is -2.26. The van der Waals surface area contributed by atoms with Gasteiger partial charge in [0.1, 0.15) is 6.21 Å². The number of hydrogen-bond donors (Lipinski definition) is 2. The van der Waals surface area contributed by atoms with Crippen LogP contribution in [0.25, 0.3) is 0 Å². The van der Waals surface area contributed by atoms with Crippen molar-refractivity contribution >= 4 is 23.7 Å². The number of nitrogens with zero attached hydrogens (tertiary/aromatic N) is 1. The molecule has 0 saturated heterocycles. The average Bonchev–Trinajstić information content (AvgIpc) is 3.13. The topological polar surface area (TPSA) is 98.2 Å². The highest BCUT2D eigenvalue weighted by atomic mass is 16.7. The summed E-state index contributed by atoms with van der Waals surface area (Å²) >= 11 is 0. The van der Waals surface area contributed by atoms with Crippen molar-refractivity contribution in [1.82, 2.24) is 5.32 Å². The summed E-state index contributed by atoms with van der Waals surface area (Å²) in [4.78, 5) is 28.5. The van der Waals surface area contributed by atoms with E-state index in [2.05, 4.69) is 15.8 Å². The first kappa shape index (κ1) is 19.2. The molecular weight excluding hydrogens is 362 g/mol. The molecule has 8 heteroatoms. The zero-order valence-electron chi connectivity index (χ0n) is 15.7. The number of hydrogen-bond acceptors (Lipinski definition) is 6. The molecule has 0 aromatic heterocycles. The van der Waals surface area contributed by atoms with Crippen molar-refractivity contribution in [3.05, 3.63) is 53.1 Å². The minimum absolute atomic E-state index is 0.202. The van der Waals surface area contributed by atoms with Crippen LogP contribution >= 0.6 is 0 Å². The van der Waals surface area contributed by atoms with Crippen LogP contribution in [0.15, 0.2) is 41.6 Å². The van der Waals surface area contributed by atoms with E-state index in [1.807, 2.05) is 38.1 Å². The predicted molar refractivity (Wildman–Crippen MR) is 103 cm³/mol. The Kier molecular flexibility index (Phi) is 6.11. The monoisotopic (exact) mass is 383 g/mol. The van der Waals surface area contributed by atoms with Gasteiger partial charge in [0.25, 0.3) is 11.8 Å². The predicted octanol–water partition coefficient (Wildman–Crippen LogP) is 2.29. The molecule has 0 atom stereocenters. The van der Waals surface area contributed by atoms with Crippen LogP contribution in [0.5, 0.6) is 11.5 Å². The Balaban J connectivity index is 1.38. The first-order chi connectivity index (χ1) is 13.5. The quantitative estimate of drug-likeness (QED) is 0.565. The Bertz CT molecular complexity index is 911. The lowest BCUT2D eigenvalue weighted by Gasteiger charge is -2.07. The molecule has 0 radical (unpaired) electrons. The van der Waals surface area contributed by atoms with Crippen LogP contribution in [0.4, 0.5) is 5.69 Å². The van der Waals surface area contributed by atoms with E-state index in [9.17, 15) is 9.59 Å². The maximum absolute atomic E-state index is 11.8. The Morgan fingerprint density at radius 1 is 1.14 bits per heavy atom. The number of rotatable bonds is 7. The second-order valence-electron chi connectivity index (χ2n) is 6.28. The maximum Gasteiger partial charge on any atom is 0.270 e. The van der Waals surface area contributed by atoms with Gasteiger partial charge in [-0.15, -0.1) is 0 Å². The van der Waals surface area contributed by atoms with Gasteiger partial charge in [0.15, 0.2) is 18.1 Å². The van der Waals surface area contributed by atoms with E-state index < -0.39 is 5.91 Å². The minimum atomic E-state index is -0.437. The van der Waals surface area contributed by atoms with Gasteiger partial charge in [0, 0.05) is 12.2 Å². The first-order valence-electron chi connectivity index (χ1n) is 8.70. The van der Waals surface area contributed by atoms with Crippen molar-refractivity contribution in [3.8, 4) is 11.5 Å². The van der Waals surface area contributed by atoms with Gasteiger partial charge in [-0.3, -0.25) is 9.59 Å². The lowest BCUT2D eigenvalue weighted by atomic mass is 10.1. The number of fused-ring (bicyclic) bond motifs is 1. The average molecular weight is 383 g/mol. The molecule has 3 rings (SSSR count). The second kappa shape index (κ2) is 8.90. The molecule has 146 valence electrons. The summed E-state index contributed by atoms with van der Waals surface area (Å²) in [5, 5.41) is 8.92. The fourth-order valence-corrected chi connectivity index (χ4v) is 2.60. The van der Waals surface area contributed by atoms with Crippen LogP contribution in [0.1, 0.15) is 16.7 Å². The van der Waals surface area contributed by atoms with E-state index in [0.29, 0.717) is 23.7 Å². The SMILES string of the molecule is Cc1ccc(NC(=O)/C=N\OCC(=O)NCc2ccc3c(c2)OCO3)c(C)c1. The molecule has 2 aromatic rings. The fraction of sp³-hybridized carbons (Fsp3) is 0.250. The van der Waals surface area contributed by atoms with Crippen molar-refractivity contribution in [3.63, 3.8) is 0 Å². The second-order valence-corrected chi connectivity index (χ2v) is 6.28. The Morgan fingerprint density at radius 2 is 1.96 bits per heavy atom. The molecule has 0 aliphatic carbocycles. The molecule has 2 N–H and O–H groups in total. The first-order valence-corrected chi connectivity index (χ1v) is 8.70. The fourth-order valence-electron chi connectivity index (χ4n) is 2.60. The molecule has 28 heavy (non-hydrogen) atoms. The third-order valence-electron chi connectivity index (χ3n) is 4.01. The largest absolute Gasteiger partial charge is 0.454 e. The van der Waals surface area contributed by atoms with Crippen LogP contribution in [-0.4, -0.2) is 31.4 Å². The summed E-state index contributed by atoms with van der Waals surface area (Å²) in [6, 6.07) is 11.1. The minimum Gasteiger partial charge on any atom is -0.454 e. The molecular formula is C20H21N3O5. The normalized spacial score (nSPS) is 12.1. The summed E-state index contributed by atoms with van der Waals surface area (Å²) in [6.45, 7) is 4.11. The third kappa shape index (κ3) is 5.23. The van der Waals surface area contributed by atoms with Crippen LogP contribution in [-0.2, 0) is 21.0 Å². The van der Waals surface area contributed by atoms with E-state index >= 15 is 0 Å². The van der Waals surface area contributed by atoms with Crippen LogP contribution in [0.2, 0.25) is 0 Å². The highest BCUT2D eigenvalue weighted by Crippen LogP contribution is 2.32. The molecule has 1 aliphatic rings. The van der Waals surface area contributed by atoms with Crippen LogP contribution < -0.4 is 20.1 Å². The summed E-state index contributed by atoms with van der Waals surface area (Å²) in [6.07, 6.45) is 0.990. The third-order valence-corrected chi connectivity index (χ3v) is 4.01. The molecule has 2 amide bonds. The number of benzene rings is 2. The van der Waals surface area contributed by atoms with Crippen LogP contribution in [0, 0.1) is 13.8 Å². The van der Waals surface area contributed by atoms with Crippen molar-refractivity contribution in [1.29, 1.82) is 0 Å². The van der Waals surface area contributed by atoms with E-state index in [0.717, 1.165) is 22.9 Å². The van der Waals surface area contributed by atoms with Crippen molar-refractivity contribution < 1.29 is 23.9 Å². The number of oxime groups is 1. The van der Waals surface area contributed by atoms with Crippen molar-refractivity contribution in [2.24, 2.45) is 5.16 Å². The summed E-state index contributed by atoms with van der Waals surface area (Å²) in [5.74, 6) is 0.548. The van der Waals surface area contributed by atoms with E-state index in [4.69, 9.17) is 14.3 Å². The number of ether oxygens (including phenoxy) is 2. The molecule has 1 heterocycles. The molecule has 0 fully saturated rings. The van der Waals surface area contributed by atoms with Gasteiger partial charge < -0.3 is 24.9 Å². The Morgan fingerprint density at radius 3 is 2.79 bits per heavy atom. The van der Waals surface area contributed by atoms with Gasteiger partial charge >= 0.3 is 0 Å². The molecule has 2 aromatic carbocycles. The molecule has 0 saturated carbocycles. The molecule has 8 nitrogen and oxygen atoms in total. The number of carbonyl (C=O) groups is 2. The Labute approximate surface area is 162 Å². The van der Waals surface area contributed by atoms with Gasteiger partial charge in [-0.05, 0) is 43.2 Å². The van der Waals surface area contributed by atoms with Gasteiger partial charge in [-0.25, -0.2) is 0 Å². The summed E-state index contributed by atoms with van der Waals surface area (Å²) < 4.78 is 10.5. The lowest BCUT2D eigenvalue weighted by molar-refractivity contribution is -0.126. The van der Waals surface area contributed by atoms with Gasteiger partial charge in [-0.1, -0.05) is 28.9 Å². The van der Waals surface area contributed by atoms with Gasteiger partial charge in [-0.2, -0.15) is 0 Å². The molecule has 0 spiro atoms. The van der Waals surface area contributed by atoms with E-state index in [1.165, 1.54) is 0 Å². The van der Waals surface area contributed by atoms with Gasteiger partial charge in [0.2, 0.25) is 6.79 Å². The van der Waals surface area contributed by atoms with Crippen LogP contribution in [0.3, 0.4) is 0 Å². The molecule has 1 aliphatic heterocycles. The number of amides is 2. The highest BCUT2D eigenvalue weighted by Gasteiger charge is 2.13. The highest BCUT2D eigenvalue weighted by molar-refractivity contribution is 6.31. The molecule has 0 unspecified atom stereocenters. The smallest absolute Gasteiger partial charge is 0.270 e. The number of anilines is 1. The molecule has 0 bridgehead atoms. The van der Waals surface area contributed by atoms with Crippen molar-refractivity contribution in [2.45, 2.75) is 20.4 Å². The summed E-state index contributed by atoms with van der Waals surface area (Å²) in [5.41, 5.74) is 3.63. The summed E-state index contributed by atoms with van der Waals surface area (Å²) in [7, 11) is 0. The van der Waals surface area contributed by atoms with Crippen molar-refractivity contribution in [2.75, 3.05) is 18.7 Å². The Hall–Kier alpha value is -3.55. The zero-order valence-corrected chi connectivity index (χ0v) is 15.7. The maximum atomic E-state index is 11.8. The zero-order chi connectivity index (χ0) is 19.9. The number of carbonyl (C=O) groups excluding carboxylic acids is 2. The van der Waals surface area contributed by atoms with E-state index in [1.54, 1.807) is 12.1 Å². The van der Waals surface area contributed by atoms with Gasteiger partial charge in [0.05, 0.1) is 0 Å². The number of aryl methyl sites for hydroxylation is 2. The van der Waals surface area contributed by atoms with E-state index in [-0.39, 0.29) is 19.3 Å². The standard InChI is InChI=1S/C20H21N3O5/c1-13-3-5-16(14(2)7-13)23-19(24)10-22-28-11-20(25)21-9-15-4-6-17-18(8-15)27-12-26-17/h3-8,10H,9,11-12H2,1-2H3,(H,21,25)(H,23,24)/b22-10-. The number of nitrogens with one attached hydrogen (secondary N) is 2.